The second kappa shape index (κ2) is 13.5. The molecule has 0 aromatic heterocycles. The molecule has 0 heterocycles. The molecular formula is C20H20F2I2O4. The zero-order valence-corrected chi connectivity index (χ0v) is 17.6. The van der Waals surface area contributed by atoms with Crippen molar-refractivity contribution in [3.63, 3.8) is 0 Å². The second-order valence-corrected chi connectivity index (χ2v) is 7.40. The summed E-state index contributed by atoms with van der Waals surface area (Å²) in [6, 6.07) is 8.11. The summed E-state index contributed by atoms with van der Waals surface area (Å²) in [7, 11) is 0. The van der Waals surface area contributed by atoms with Crippen molar-refractivity contribution in [3.8, 4) is 0 Å². The highest BCUT2D eigenvalue weighted by atomic mass is 127. The van der Waals surface area contributed by atoms with Gasteiger partial charge in [0, 0.05) is 24.3 Å². The van der Waals surface area contributed by atoms with Crippen LogP contribution in [0.3, 0.4) is 0 Å². The molecule has 0 bridgehead atoms. The van der Waals surface area contributed by atoms with Gasteiger partial charge < -0.3 is 5.11 Å². The van der Waals surface area contributed by atoms with E-state index in [1.165, 1.54) is 31.2 Å². The van der Waals surface area contributed by atoms with Crippen LogP contribution in [-0.2, 0) is 4.79 Å². The quantitative estimate of drug-likeness (QED) is 0.254. The number of rotatable bonds is 4. The highest BCUT2D eigenvalue weighted by Gasteiger charge is 2.05. The van der Waals surface area contributed by atoms with Gasteiger partial charge in [0.05, 0.1) is 0 Å². The molecule has 152 valence electrons. The third-order valence-electron chi connectivity index (χ3n) is 2.79. The number of carbonyl (C=O) groups excluding carboxylic acids is 2. The van der Waals surface area contributed by atoms with Crippen molar-refractivity contribution in [1.82, 2.24) is 0 Å². The molecule has 0 fully saturated rings. The van der Waals surface area contributed by atoms with Gasteiger partial charge in [-0.3, -0.25) is 9.59 Å². The van der Waals surface area contributed by atoms with E-state index in [0.29, 0.717) is 9.13 Å². The molecule has 0 aliphatic rings. The van der Waals surface area contributed by atoms with E-state index in [9.17, 15) is 23.2 Å². The van der Waals surface area contributed by atoms with Crippen LogP contribution in [0.15, 0.2) is 48.6 Å². The average molecular weight is 616 g/mol. The molecule has 2 aromatic rings. The Balaban J connectivity index is 0. The number of carboxylic acids is 1. The lowest BCUT2D eigenvalue weighted by Gasteiger charge is -1.97. The Labute approximate surface area is 190 Å². The van der Waals surface area contributed by atoms with E-state index in [1.807, 2.05) is 45.2 Å². The lowest BCUT2D eigenvalue weighted by Crippen LogP contribution is -1.98. The molecular weight excluding hydrogens is 596 g/mol. The van der Waals surface area contributed by atoms with Gasteiger partial charge >= 0.3 is 5.97 Å². The number of allylic oxidation sites excluding steroid dienone is 1. The van der Waals surface area contributed by atoms with Crippen molar-refractivity contribution in [2.45, 2.75) is 21.8 Å². The predicted octanol–water partition coefficient (Wildman–Crippen LogP) is 6.16. The number of hydrogen-bond acceptors (Lipinski definition) is 3. The monoisotopic (exact) mass is 616 g/mol. The first-order valence-corrected chi connectivity index (χ1v) is 9.12. The summed E-state index contributed by atoms with van der Waals surface area (Å²) in [5, 5.41) is 8.30. The molecule has 2 rings (SSSR count). The van der Waals surface area contributed by atoms with Crippen LogP contribution in [0.2, 0.25) is 0 Å². The van der Waals surface area contributed by atoms with E-state index < -0.39 is 17.6 Å². The van der Waals surface area contributed by atoms with Crippen LogP contribution in [0.4, 0.5) is 8.78 Å². The summed E-state index contributed by atoms with van der Waals surface area (Å²) in [6.45, 7) is 1.42. The fourth-order valence-electron chi connectivity index (χ4n) is 1.70. The molecule has 28 heavy (non-hydrogen) atoms. The van der Waals surface area contributed by atoms with Crippen molar-refractivity contribution in [2.24, 2.45) is 0 Å². The van der Waals surface area contributed by atoms with Crippen LogP contribution < -0.4 is 0 Å². The minimum atomic E-state index is -1.21. The summed E-state index contributed by atoms with van der Waals surface area (Å²) in [5.74, 6) is -2.73. The first-order chi connectivity index (χ1) is 12.1. The maximum Gasteiger partial charge on any atom is 0.328 e. The maximum atomic E-state index is 12.9. The molecule has 0 atom stereocenters. The van der Waals surface area contributed by atoms with Gasteiger partial charge in [0.25, 0.3) is 0 Å². The summed E-state index contributed by atoms with van der Waals surface area (Å²) < 4.78 is 26.8. The van der Waals surface area contributed by atoms with E-state index in [2.05, 4.69) is 0 Å². The fraction of sp³-hybridized carbons (Fsp3) is 0.150. The van der Waals surface area contributed by atoms with Crippen LogP contribution in [0.1, 0.15) is 42.5 Å². The first-order valence-electron chi connectivity index (χ1n) is 6.97. The summed E-state index contributed by atoms with van der Waals surface area (Å²) in [5.41, 5.74) is 0.561. The van der Waals surface area contributed by atoms with Crippen LogP contribution in [0.5, 0.6) is 0 Å². The van der Waals surface area contributed by atoms with Crippen LogP contribution in [0, 0.1) is 18.8 Å². The molecule has 0 spiro atoms. The molecule has 8 heteroatoms. The third kappa shape index (κ3) is 10.6. The number of carboxylic acid groups (broad SMARTS) is 1. The van der Waals surface area contributed by atoms with Gasteiger partial charge in [-0.2, -0.15) is 0 Å². The standard InChI is InChI=1S/C10H6FIO3.C8H6FIO.2CH4/c11-7-3-6(4-8(12)5-7)9(13)1-2-10(14)15;1-5(11)6-2-7(9)4-8(10)3-6;;/h1-5H,(H,14,15);2-4H,1H3;2*1H4/b2-1+;;;. The Kier molecular flexibility index (Phi) is 13.7. The molecule has 0 aliphatic carbocycles. The molecule has 0 saturated heterocycles. The number of ketones is 2. The number of halogens is 4. The van der Waals surface area contributed by atoms with E-state index in [-0.39, 0.29) is 32.0 Å². The molecule has 4 nitrogen and oxygen atoms in total. The van der Waals surface area contributed by atoms with Crippen LogP contribution in [0.25, 0.3) is 0 Å². The lowest BCUT2D eigenvalue weighted by atomic mass is 10.1. The van der Waals surface area contributed by atoms with E-state index in [1.54, 1.807) is 6.07 Å². The summed E-state index contributed by atoms with van der Waals surface area (Å²) in [6.07, 6.45) is 1.62. The van der Waals surface area contributed by atoms with Gasteiger partial charge in [-0.25, -0.2) is 13.6 Å². The average Bonchev–Trinajstić information content (AvgIpc) is 2.51. The number of aliphatic carboxylic acids is 1. The smallest absolute Gasteiger partial charge is 0.328 e. The SMILES string of the molecule is C.C.CC(=O)c1cc(F)cc(I)c1.O=C(O)/C=C/C(=O)c1cc(F)cc(I)c1. The van der Waals surface area contributed by atoms with Gasteiger partial charge in [0.2, 0.25) is 0 Å². The van der Waals surface area contributed by atoms with Gasteiger partial charge in [-0.15, -0.1) is 0 Å². The normalized spacial score (nSPS) is 9.46. The minimum Gasteiger partial charge on any atom is -0.478 e. The number of benzene rings is 2. The van der Waals surface area contributed by atoms with Crippen LogP contribution in [-0.4, -0.2) is 22.6 Å². The molecule has 0 unspecified atom stereocenters. The van der Waals surface area contributed by atoms with Gasteiger partial charge in [-0.1, -0.05) is 14.9 Å². The molecule has 1 N–H and O–H groups in total. The van der Waals surface area contributed by atoms with Gasteiger partial charge in [0.1, 0.15) is 11.6 Å². The molecule has 0 aliphatic heterocycles. The van der Waals surface area contributed by atoms with Gasteiger partial charge in [-0.05, 0) is 94.6 Å². The van der Waals surface area contributed by atoms with E-state index in [0.717, 1.165) is 21.8 Å². The summed E-state index contributed by atoms with van der Waals surface area (Å²) in [4.78, 5) is 32.3. The zero-order valence-electron chi connectivity index (χ0n) is 13.3. The third-order valence-corrected chi connectivity index (χ3v) is 4.04. The Morgan fingerprint density at radius 1 is 0.821 bits per heavy atom. The maximum absolute atomic E-state index is 12.9. The molecule has 0 amide bonds. The highest BCUT2D eigenvalue weighted by Crippen LogP contribution is 2.13. The Morgan fingerprint density at radius 2 is 1.25 bits per heavy atom. The van der Waals surface area contributed by atoms with E-state index in [4.69, 9.17) is 5.11 Å². The fourth-order valence-corrected chi connectivity index (χ4v) is 2.96. The zero-order chi connectivity index (χ0) is 19.9. The summed E-state index contributed by atoms with van der Waals surface area (Å²) >= 11 is 3.85. The Hall–Kier alpha value is -1.69. The number of Topliss-reactive ketones (excluding diaryl/α,β-unsaturated/α-hetero) is 1. The Bertz CT molecular complexity index is 840. The number of hydrogen-bond donors (Lipinski definition) is 1. The largest absolute Gasteiger partial charge is 0.478 e. The first kappa shape index (κ1) is 28.5. The Morgan fingerprint density at radius 3 is 1.64 bits per heavy atom. The lowest BCUT2D eigenvalue weighted by molar-refractivity contribution is -0.131. The highest BCUT2D eigenvalue weighted by molar-refractivity contribution is 14.1. The van der Waals surface area contributed by atoms with Crippen molar-refractivity contribution < 1.29 is 28.3 Å². The topological polar surface area (TPSA) is 71.4 Å². The minimum absolute atomic E-state index is 0. The van der Waals surface area contributed by atoms with Crippen molar-refractivity contribution in [1.29, 1.82) is 0 Å². The second-order valence-electron chi connectivity index (χ2n) is 4.91. The van der Waals surface area contributed by atoms with E-state index >= 15 is 0 Å². The van der Waals surface area contributed by atoms with Crippen molar-refractivity contribution in [3.05, 3.63) is 78.5 Å². The van der Waals surface area contributed by atoms with Crippen LogP contribution >= 0.6 is 45.2 Å². The van der Waals surface area contributed by atoms with Crippen molar-refractivity contribution >= 4 is 62.7 Å². The number of carbonyl (C=O) groups is 3. The molecule has 0 radical (unpaired) electrons. The molecule has 0 saturated carbocycles. The molecule has 2 aromatic carbocycles. The van der Waals surface area contributed by atoms with Gasteiger partial charge in [0.15, 0.2) is 11.6 Å². The van der Waals surface area contributed by atoms with Crippen molar-refractivity contribution in [2.75, 3.05) is 0 Å². The predicted molar refractivity (Wildman–Crippen MR) is 123 cm³/mol.